The molecule has 0 aliphatic carbocycles. The molecule has 3 aromatic rings. The Hall–Kier alpha value is -3.41. The van der Waals surface area contributed by atoms with E-state index in [2.05, 4.69) is 20.5 Å². The van der Waals surface area contributed by atoms with Crippen LogP contribution in [0.2, 0.25) is 0 Å². The fourth-order valence-electron chi connectivity index (χ4n) is 2.80. The summed E-state index contributed by atoms with van der Waals surface area (Å²) in [4.78, 5) is 14.1. The molecule has 4 rings (SSSR count). The van der Waals surface area contributed by atoms with Gasteiger partial charge in [-0.25, -0.2) is 0 Å². The predicted octanol–water partition coefficient (Wildman–Crippen LogP) is 2.50. The van der Waals surface area contributed by atoms with Gasteiger partial charge in [0.15, 0.2) is 5.88 Å². The molecule has 1 aliphatic rings. The topological polar surface area (TPSA) is 89.8 Å². The van der Waals surface area contributed by atoms with Crippen molar-refractivity contribution in [3.63, 3.8) is 0 Å². The van der Waals surface area contributed by atoms with Crippen molar-refractivity contribution in [2.24, 2.45) is 10.2 Å². The number of carbonyl (C=O) groups excluding carboxylic acids is 1. The van der Waals surface area contributed by atoms with Crippen molar-refractivity contribution in [3.05, 3.63) is 52.4 Å². The first-order valence-corrected chi connectivity index (χ1v) is 7.45. The monoisotopic (exact) mass is 318 g/mol. The van der Waals surface area contributed by atoms with E-state index in [-0.39, 0.29) is 11.8 Å². The fraction of sp³-hybridized carbons (Fsp3) is 0.0556. The fourth-order valence-corrected chi connectivity index (χ4v) is 2.80. The summed E-state index contributed by atoms with van der Waals surface area (Å²) < 4.78 is 0. The van der Waals surface area contributed by atoms with Gasteiger partial charge in [0.25, 0.3) is 0 Å². The Morgan fingerprint density at radius 3 is 2.96 bits per heavy atom. The minimum Gasteiger partial charge on any atom is -0.494 e. The second-order valence-corrected chi connectivity index (χ2v) is 5.64. The summed E-state index contributed by atoms with van der Waals surface area (Å²) in [5.74, 6) is -0.0558. The summed E-state index contributed by atoms with van der Waals surface area (Å²) in [7, 11) is 0. The highest BCUT2D eigenvalue weighted by molar-refractivity contribution is 5.96. The number of hydrogen-bond acceptors (Lipinski definition) is 4. The number of anilines is 1. The molecule has 1 aliphatic heterocycles. The highest BCUT2D eigenvalue weighted by Crippen LogP contribution is 2.29. The van der Waals surface area contributed by atoms with Crippen LogP contribution in [0.3, 0.4) is 0 Å². The summed E-state index contributed by atoms with van der Waals surface area (Å²) >= 11 is 0. The van der Waals surface area contributed by atoms with E-state index in [1.807, 2.05) is 30.3 Å². The van der Waals surface area contributed by atoms with Gasteiger partial charge in [-0.15, -0.1) is 0 Å². The number of nitrogens with zero attached hydrogens (tertiary/aromatic N) is 2. The standard InChI is InChI=1S/C18H14N4O2/c1-10(23)20-13-4-5-14-15(18(24)21-17(14)8-13)6-11-2-3-12-9-19-22-16(12)7-11/h2-9,21,24H,1H3,(H,20,23). The predicted molar refractivity (Wildman–Crippen MR) is 92.5 cm³/mol. The van der Waals surface area contributed by atoms with Crippen LogP contribution in [0.25, 0.3) is 23.2 Å². The summed E-state index contributed by atoms with van der Waals surface area (Å²) in [5, 5.41) is 23.7. The van der Waals surface area contributed by atoms with Crippen LogP contribution in [0.5, 0.6) is 5.88 Å². The maximum Gasteiger partial charge on any atom is 0.221 e. The number of hydrogen-bond donors (Lipinski definition) is 3. The Morgan fingerprint density at radius 1 is 1.25 bits per heavy atom. The molecule has 0 bridgehead atoms. The number of nitrogens with one attached hydrogen (secondary N) is 2. The average molecular weight is 318 g/mol. The lowest BCUT2D eigenvalue weighted by atomic mass is 10.1. The van der Waals surface area contributed by atoms with E-state index in [4.69, 9.17) is 0 Å². The molecular formula is C18H14N4O2. The van der Waals surface area contributed by atoms with E-state index < -0.39 is 0 Å². The largest absolute Gasteiger partial charge is 0.494 e. The third kappa shape index (κ3) is 2.44. The van der Waals surface area contributed by atoms with E-state index in [0.717, 1.165) is 27.0 Å². The molecule has 6 heteroatoms. The van der Waals surface area contributed by atoms with Crippen molar-refractivity contribution >= 4 is 40.5 Å². The zero-order valence-electron chi connectivity index (χ0n) is 12.9. The smallest absolute Gasteiger partial charge is 0.221 e. The average Bonchev–Trinajstić information content (AvgIpc) is 3.11. The molecule has 1 aromatic heterocycles. The zero-order chi connectivity index (χ0) is 16.7. The molecule has 0 radical (unpaired) electrons. The van der Waals surface area contributed by atoms with Gasteiger partial charge in [0.2, 0.25) is 5.91 Å². The maximum absolute atomic E-state index is 11.2. The molecule has 0 unspecified atom stereocenters. The summed E-state index contributed by atoms with van der Waals surface area (Å²) in [6, 6.07) is 11.3. The number of aromatic hydroxyl groups is 1. The normalized spacial score (nSPS) is 13.1. The Balaban J connectivity index is 1.83. The van der Waals surface area contributed by atoms with Crippen LogP contribution in [-0.4, -0.2) is 16.0 Å². The van der Waals surface area contributed by atoms with Crippen LogP contribution in [0, 0.1) is 0 Å². The molecule has 0 saturated carbocycles. The lowest BCUT2D eigenvalue weighted by Gasteiger charge is -2.01. The van der Waals surface area contributed by atoms with Crippen LogP contribution in [-0.2, 0) is 4.79 Å². The molecule has 1 amide bonds. The molecule has 0 spiro atoms. The van der Waals surface area contributed by atoms with E-state index in [0.29, 0.717) is 11.3 Å². The molecular weight excluding hydrogens is 304 g/mol. The minimum absolute atomic E-state index is 0.0821. The Labute approximate surface area is 136 Å². The van der Waals surface area contributed by atoms with Crippen LogP contribution in [0.1, 0.15) is 12.5 Å². The van der Waals surface area contributed by atoms with Gasteiger partial charge in [-0.05, 0) is 29.5 Å². The van der Waals surface area contributed by atoms with Gasteiger partial charge in [-0.2, -0.15) is 10.2 Å². The highest BCUT2D eigenvalue weighted by Gasteiger charge is 2.09. The molecule has 6 nitrogen and oxygen atoms in total. The molecule has 0 saturated heterocycles. The van der Waals surface area contributed by atoms with Crippen LogP contribution in [0.15, 0.2) is 46.6 Å². The van der Waals surface area contributed by atoms with Crippen molar-refractivity contribution in [1.29, 1.82) is 0 Å². The van der Waals surface area contributed by atoms with Gasteiger partial charge in [-0.1, -0.05) is 18.2 Å². The number of amides is 1. The van der Waals surface area contributed by atoms with E-state index in [1.54, 1.807) is 18.3 Å². The number of aromatic nitrogens is 1. The van der Waals surface area contributed by atoms with Gasteiger partial charge in [0.1, 0.15) is 0 Å². The number of carbonyl (C=O) groups is 1. The molecule has 24 heavy (non-hydrogen) atoms. The lowest BCUT2D eigenvalue weighted by Crippen LogP contribution is -2.06. The summed E-state index contributed by atoms with van der Waals surface area (Å²) in [5.41, 5.74) is 2.93. The first-order chi connectivity index (χ1) is 11.6. The summed E-state index contributed by atoms with van der Waals surface area (Å²) in [6.07, 6.45) is 3.60. The Bertz CT molecular complexity index is 1130. The van der Waals surface area contributed by atoms with Gasteiger partial charge >= 0.3 is 0 Å². The highest BCUT2D eigenvalue weighted by atomic mass is 16.3. The van der Waals surface area contributed by atoms with Crippen molar-refractivity contribution in [2.75, 3.05) is 5.32 Å². The minimum atomic E-state index is -0.138. The van der Waals surface area contributed by atoms with Crippen LogP contribution >= 0.6 is 0 Å². The van der Waals surface area contributed by atoms with Gasteiger partial charge < -0.3 is 15.4 Å². The first kappa shape index (κ1) is 14.2. The van der Waals surface area contributed by atoms with E-state index in [9.17, 15) is 9.90 Å². The molecule has 0 atom stereocenters. The van der Waals surface area contributed by atoms with Gasteiger partial charge in [0, 0.05) is 28.8 Å². The number of benzene rings is 2. The molecule has 0 fully saturated rings. The first-order valence-electron chi connectivity index (χ1n) is 7.45. The van der Waals surface area contributed by atoms with Crippen molar-refractivity contribution in [3.8, 4) is 5.88 Å². The molecule has 3 N–H and O–H groups in total. The zero-order valence-corrected chi connectivity index (χ0v) is 12.9. The van der Waals surface area contributed by atoms with Crippen LogP contribution in [0.4, 0.5) is 11.4 Å². The Kier molecular flexibility index (Phi) is 3.16. The quantitative estimate of drug-likeness (QED) is 0.677. The number of azo groups is 1. The van der Waals surface area contributed by atoms with E-state index >= 15 is 0 Å². The van der Waals surface area contributed by atoms with Gasteiger partial charge in [0.05, 0.1) is 17.4 Å². The second-order valence-electron chi connectivity index (χ2n) is 5.64. The summed E-state index contributed by atoms with van der Waals surface area (Å²) in [6.45, 7) is 1.46. The third-order valence-corrected chi connectivity index (χ3v) is 3.87. The van der Waals surface area contributed by atoms with Gasteiger partial charge in [-0.3, -0.25) is 4.79 Å². The maximum atomic E-state index is 11.2. The number of aromatic amines is 1. The molecule has 118 valence electrons. The molecule has 2 heterocycles. The number of H-pyrrole nitrogens is 1. The molecule has 2 aromatic carbocycles. The van der Waals surface area contributed by atoms with Crippen molar-refractivity contribution in [1.82, 2.24) is 4.98 Å². The number of fused-ring (bicyclic) bond motifs is 2. The second kappa shape index (κ2) is 5.34. The SMILES string of the molecule is CC(=O)Nc1ccc2c(C=c3ccc4c(c3)N=NC=4)c(O)[nH]c2c1. The Morgan fingerprint density at radius 2 is 2.12 bits per heavy atom. The van der Waals surface area contributed by atoms with Crippen molar-refractivity contribution < 1.29 is 9.90 Å². The lowest BCUT2D eigenvalue weighted by molar-refractivity contribution is -0.114. The van der Waals surface area contributed by atoms with E-state index in [1.165, 1.54) is 6.92 Å². The number of rotatable bonds is 2. The van der Waals surface area contributed by atoms with Crippen molar-refractivity contribution in [2.45, 2.75) is 6.92 Å². The third-order valence-electron chi connectivity index (χ3n) is 3.87. The van der Waals surface area contributed by atoms with Crippen LogP contribution < -0.4 is 15.8 Å².